The molecular weight excluding hydrogens is 218 g/mol. The van der Waals surface area contributed by atoms with Crippen LogP contribution in [0.25, 0.3) is 0 Å². The molecule has 1 atom stereocenters. The maximum atomic E-state index is 5.52. The second-order valence-electron chi connectivity index (χ2n) is 4.59. The number of nitrogens with one attached hydrogen (secondary N) is 1. The van der Waals surface area contributed by atoms with Crippen LogP contribution in [0.15, 0.2) is 0 Å². The molecule has 1 N–H and O–H groups in total. The van der Waals surface area contributed by atoms with Gasteiger partial charge < -0.3 is 19.5 Å². The number of rotatable bonds is 12. The van der Waals surface area contributed by atoms with Gasteiger partial charge >= 0.3 is 0 Å². The van der Waals surface area contributed by atoms with Crippen molar-refractivity contribution in [3.63, 3.8) is 0 Å². The zero-order chi connectivity index (χ0) is 12.3. The van der Waals surface area contributed by atoms with Gasteiger partial charge in [-0.25, -0.2) is 0 Å². The largest absolute Gasteiger partial charge is 0.382 e. The Hall–Kier alpha value is -0.160. The summed E-state index contributed by atoms with van der Waals surface area (Å²) in [5, 5.41) is 3.40. The summed E-state index contributed by atoms with van der Waals surface area (Å²) in [4.78, 5) is 0. The van der Waals surface area contributed by atoms with Crippen molar-refractivity contribution in [1.82, 2.24) is 5.32 Å². The minimum Gasteiger partial charge on any atom is -0.382 e. The zero-order valence-corrected chi connectivity index (χ0v) is 11.2. The molecule has 0 bridgehead atoms. The molecule has 17 heavy (non-hydrogen) atoms. The predicted octanol–water partition coefficient (Wildman–Crippen LogP) is 1.44. The maximum absolute atomic E-state index is 5.52. The molecule has 1 saturated carbocycles. The Labute approximate surface area is 105 Å². The molecule has 0 heterocycles. The standard InChI is InChI=1S/C13H27NO3/c1-14-13(12-5-6-12)4-3-7-16-10-11-17-9-8-15-2/h12-14H,3-11H2,1-2H3. The third-order valence-electron chi connectivity index (χ3n) is 3.17. The highest BCUT2D eigenvalue weighted by molar-refractivity contribution is 4.85. The second kappa shape index (κ2) is 9.83. The summed E-state index contributed by atoms with van der Waals surface area (Å²) in [5.74, 6) is 0.928. The van der Waals surface area contributed by atoms with Crippen molar-refractivity contribution < 1.29 is 14.2 Å². The van der Waals surface area contributed by atoms with Gasteiger partial charge in [0.05, 0.1) is 26.4 Å². The SMILES string of the molecule is CNC(CCCOCCOCCOC)C1CC1. The van der Waals surface area contributed by atoms with Crippen LogP contribution >= 0.6 is 0 Å². The normalized spacial score (nSPS) is 17.3. The molecule has 0 aliphatic heterocycles. The third-order valence-corrected chi connectivity index (χ3v) is 3.17. The molecule has 0 spiro atoms. The van der Waals surface area contributed by atoms with Crippen LogP contribution in [0.4, 0.5) is 0 Å². The Balaban J connectivity index is 1.77. The van der Waals surface area contributed by atoms with Crippen LogP contribution < -0.4 is 5.32 Å². The molecule has 0 radical (unpaired) electrons. The third kappa shape index (κ3) is 7.71. The van der Waals surface area contributed by atoms with Crippen LogP contribution in [-0.2, 0) is 14.2 Å². The molecule has 0 aromatic heterocycles. The van der Waals surface area contributed by atoms with Crippen molar-refractivity contribution in [2.45, 2.75) is 31.7 Å². The number of hydrogen-bond acceptors (Lipinski definition) is 4. The Morgan fingerprint density at radius 1 is 1.06 bits per heavy atom. The Morgan fingerprint density at radius 3 is 2.29 bits per heavy atom. The summed E-state index contributed by atoms with van der Waals surface area (Å²) in [6.45, 7) is 3.52. The van der Waals surface area contributed by atoms with E-state index < -0.39 is 0 Å². The molecule has 1 aliphatic carbocycles. The van der Waals surface area contributed by atoms with Gasteiger partial charge in [0.2, 0.25) is 0 Å². The van der Waals surface area contributed by atoms with Crippen LogP contribution in [0.5, 0.6) is 0 Å². The van der Waals surface area contributed by atoms with E-state index in [0.717, 1.165) is 18.9 Å². The minimum atomic E-state index is 0.656. The number of hydrogen-bond donors (Lipinski definition) is 1. The molecule has 4 heteroatoms. The average Bonchev–Trinajstić information content (AvgIpc) is 3.16. The topological polar surface area (TPSA) is 39.7 Å². The van der Waals surface area contributed by atoms with E-state index in [-0.39, 0.29) is 0 Å². The molecule has 1 rings (SSSR count). The zero-order valence-electron chi connectivity index (χ0n) is 11.2. The van der Waals surface area contributed by atoms with Gasteiger partial charge in [0, 0.05) is 19.8 Å². The van der Waals surface area contributed by atoms with Gasteiger partial charge in [-0.2, -0.15) is 0 Å². The number of methoxy groups -OCH3 is 1. The highest BCUT2D eigenvalue weighted by Gasteiger charge is 2.29. The molecule has 0 aromatic carbocycles. The lowest BCUT2D eigenvalue weighted by Gasteiger charge is -2.14. The van der Waals surface area contributed by atoms with Crippen LogP contribution in [0, 0.1) is 5.92 Å². The van der Waals surface area contributed by atoms with Crippen LogP contribution in [-0.4, -0.2) is 53.2 Å². The molecule has 1 fully saturated rings. The lowest BCUT2D eigenvalue weighted by molar-refractivity contribution is 0.0236. The van der Waals surface area contributed by atoms with Gasteiger partial charge in [-0.15, -0.1) is 0 Å². The monoisotopic (exact) mass is 245 g/mol. The molecule has 0 saturated heterocycles. The van der Waals surface area contributed by atoms with E-state index in [9.17, 15) is 0 Å². The quantitative estimate of drug-likeness (QED) is 0.528. The van der Waals surface area contributed by atoms with E-state index in [1.165, 1.54) is 19.3 Å². The van der Waals surface area contributed by atoms with E-state index in [4.69, 9.17) is 14.2 Å². The minimum absolute atomic E-state index is 0.656. The fourth-order valence-electron chi connectivity index (χ4n) is 1.98. The smallest absolute Gasteiger partial charge is 0.0701 e. The fraction of sp³-hybridized carbons (Fsp3) is 1.00. The van der Waals surface area contributed by atoms with Crippen molar-refractivity contribution in [1.29, 1.82) is 0 Å². The van der Waals surface area contributed by atoms with Gasteiger partial charge in [0.1, 0.15) is 0 Å². The summed E-state index contributed by atoms with van der Waals surface area (Å²) in [6, 6.07) is 0.705. The maximum Gasteiger partial charge on any atom is 0.0701 e. The summed E-state index contributed by atoms with van der Waals surface area (Å²) >= 11 is 0. The molecule has 4 nitrogen and oxygen atoms in total. The highest BCUT2D eigenvalue weighted by atomic mass is 16.5. The van der Waals surface area contributed by atoms with Gasteiger partial charge in [-0.3, -0.25) is 0 Å². The molecule has 1 unspecified atom stereocenters. The van der Waals surface area contributed by atoms with Gasteiger partial charge in [-0.1, -0.05) is 0 Å². The predicted molar refractivity (Wildman–Crippen MR) is 68.3 cm³/mol. The van der Waals surface area contributed by atoms with Crippen molar-refractivity contribution in [3.8, 4) is 0 Å². The lowest BCUT2D eigenvalue weighted by Crippen LogP contribution is -2.27. The summed E-state index contributed by atoms with van der Waals surface area (Å²) in [5.41, 5.74) is 0. The second-order valence-corrected chi connectivity index (χ2v) is 4.59. The first kappa shape index (κ1) is 14.9. The van der Waals surface area contributed by atoms with Crippen LogP contribution in [0.3, 0.4) is 0 Å². The highest BCUT2D eigenvalue weighted by Crippen LogP contribution is 2.34. The first-order valence-electron chi connectivity index (χ1n) is 6.70. The molecular formula is C13H27NO3. The molecule has 102 valence electrons. The average molecular weight is 245 g/mol. The fourth-order valence-corrected chi connectivity index (χ4v) is 1.98. The van der Waals surface area contributed by atoms with Crippen molar-refractivity contribution >= 4 is 0 Å². The van der Waals surface area contributed by atoms with Gasteiger partial charge in [0.15, 0.2) is 0 Å². The van der Waals surface area contributed by atoms with E-state index in [0.29, 0.717) is 32.5 Å². The number of ether oxygens (including phenoxy) is 3. The lowest BCUT2D eigenvalue weighted by atomic mass is 10.1. The van der Waals surface area contributed by atoms with E-state index in [1.807, 2.05) is 0 Å². The molecule has 0 amide bonds. The van der Waals surface area contributed by atoms with Gasteiger partial charge in [-0.05, 0) is 38.6 Å². The molecule has 1 aliphatic rings. The van der Waals surface area contributed by atoms with E-state index in [1.54, 1.807) is 7.11 Å². The summed E-state index contributed by atoms with van der Waals surface area (Å²) < 4.78 is 15.7. The first-order valence-corrected chi connectivity index (χ1v) is 6.70. The van der Waals surface area contributed by atoms with E-state index in [2.05, 4.69) is 12.4 Å². The summed E-state index contributed by atoms with van der Waals surface area (Å²) in [6.07, 6.45) is 5.17. The van der Waals surface area contributed by atoms with Crippen molar-refractivity contribution in [2.75, 3.05) is 47.2 Å². The Morgan fingerprint density at radius 2 is 1.71 bits per heavy atom. The molecule has 0 aromatic rings. The van der Waals surface area contributed by atoms with Crippen LogP contribution in [0.2, 0.25) is 0 Å². The van der Waals surface area contributed by atoms with Crippen molar-refractivity contribution in [2.24, 2.45) is 5.92 Å². The Bertz CT molecular complexity index is 174. The van der Waals surface area contributed by atoms with Crippen molar-refractivity contribution in [3.05, 3.63) is 0 Å². The van der Waals surface area contributed by atoms with E-state index >= 15 is 0 Å². The Kier molecular flexibility index (Phi) is 8.61. The first-order chi connectivity index (χ1) is 8.38. The van der Waals surface area contributed by atoms with Crippen LogP contribution in [0.1, 0.15) is 25.7 Å². The summed E-state index contributed by atoms with van der Waals surface area (Å²) in [7, 11) is 3.74. The van der Waals surface area contributed by atoms with Gasteiger partial charge in [0.25, 0.3) is 0 Å².